The van der Waals surface area contributed by atoms with Crippen molar-refractivity contribution in [2.45, 2.75) is 37.6 Å². The summed E-state index contributed by atoms with van der Waals surface area (Å²) in [6.07, 6.45) is 4.95. The molecule has 1 atom stereocenters. The number of amides is 1. The predicted molar refractivity (Wildman–Crippen MR) is 93.9 cm³/mol. The van der Waals surface area contributed by atoms with Crippen LogP contribution in [0.2, 0.25) is 0 Å². The maximum Gasteiger partial charge on any atom is 0.230 e. The lowest BCUT2D eigenvalue weighted by Crippen LogP contribution is -2.63. The first-order chi connectivity index (χ1) is 11.8. The van der Waals surface area contributed by atoms with Gasteiger partial charge in [0.1, 0.15) is 0 Å². The zero-order valence-electron chi connectivity index (χ0n) is 14.4. The average Bonchev–Trinajstić information content (AvgIpc) is 3.10. The third kappa shape index (κ3) is 3.22. The maximum atomic E-state index is 13.2. The van der Waals surface area contributed by atoms with Crippen LogP contribution in [0.4, 0.5) is 0 Å². The summed E-state index contributed by atoms with van der Waals surface area (Å²) in [6.45, 7) is 5.48. The molecule has 4 rings (SSSR count). The van der Waals surface area contributed by atoms with Crippen molar-refractivity contribution in [3.05, 3.63) is 35.9 Å². The first-order valence-electron chi connectivity index (χ1n) is 9.48. The van der Waals surface area contributed by atoms with E-state index in [9.17, 15) is 4.79 Å². The van der Waals surface area contributed by atoms with E-state index in [0.29, 0.717) is 17.9 Å². The minimum absolute atomic E-state index is 0.0688. The lowest BCUT2D eigenvalue weighted by molar-refractivity contribution is -0.143. The summed E-state index contributed by atoms with van der Waals surface area (Å²) in [5.74, 6) is 0.958. The molecule has 2 aliphatic heterocycles. The van der Waals surface area contributed by atoms with Crippen molar-refractivity contribution in [2.24, 2.45) is 5.92 Å². The fraction of sp³-hybridized carbons (Fsp3) is 0.650. The lowest BCUT2D eigenvalue weighted by Gasteiger charge is -2.48. The van der Waals surface area contributed by atoms with Crippen LogP contribution in [0.25, 0.3) is 0 Å². The molecule has 130 valence electrons. The molecule has 24 heavy (non-hydrogen) atoms. The molecular formula is C20H28N2O2. The van der Waals surface area contributed by atoms with E-state index in [4.69, 9.17) is 4.74 Å². The number of rotatable bonds is 4. The second-order valence-corrected chi connectivity index (χ2v) is 7.48. The van der Waals surface area contributed by atoms with Gasteiger partial charge in [-0.1, -0.05) is 43.2 Å². The van der Waals surface area contributed by atoms with Gasteiger partial charge in [-0.2, -0.15) is 0 Å². The SMILES string of the molecule is O=C([C@H](c1ccccc1)C1CCCC1)N1CC(N2CCOCC2)C1. The van der Waals surface area contributed by atoms with Gasteiger partial charge < -0.3 is 9.64 Å². The topological polar surface area (TPSA) is 32.8 Å². The van der Waals surface area contributed by atoms with E-state index in [1.54, 1.807) is 0 Å². The number of nitrogens with zero attached hydrogens (tertiary/aromatic N) is 2. The molecule has 0 aromatic heterocycles. The highest BCUT2D eigenvalue weighted by atomic mass is 16.5. The van der Waals surface area contributed by atoms with Crippen LogP contribution in [0, 0.1) is 5.92 Å². The first-order valence-corrected chi connectivity index (χ1v) is 9.48. The molecule has 1 amide bonds. The van der Waals surface area contributed by atoms with Crippen molar-refractivity contribution in [1.82, 2.24) is 9.80 Å². The van der Waals surface area contributed by atoms with Crippen LogP contribution >= 0.6 is 0 Å². The van der Waals surface area contributed by atoms with Crippen LogP contribution in [-0.2, 0) is 9.53 Å². The predicted octanol–water partition coefficient (Wildman–Crippen LogP) is 2.50. The second-order valence-electron chi connectivity index (χ2n) is 7.48. The van der Waals surface area contributed by atoms with Gasteiger partial charge in [0.25, 0.3) is 0 Å². The van der Waals surface area contributed by atoms with Gasteiger partial charge >= 0.3 is 0 Å². The molecule has 1 aromatic carbocycles. The summed E-state index contributed by atoms with van der Waals surface area (Å²) >= 11 is 0. The normalized spacial score (nSPS) is 24.8. The van der Waals surface area contributed by atoms with Crippen molar-refractivity contribution >= 4 is 5.91 Å². The Hall–Kier alpha value is -1.39. The van der Waals surface area contributed by atoms with E-state index in [2.05, 4.69) is 34.1 Å². The van der Waals surface area contributed by atoms with Crippen LogP contribution in [-0.4, -0.2) is 61.1 Å². The molecule has 2 heterocycles. The van der Waals surface area contributed by atoms with Crippen molar-refractivity contribution in [3.63, 3.8) is 0 Å². The van der Waals surface area contributed by atoms with Gasteiger partial charge in [-0.25, -0.2) is 0 Å². The van der Waals surface area contributed by atoms with Crippen molar-refractivity contribution in [2.75, 3.05) is 39.4 Å². The smallest absolute Gasteiger partial charge is 0.230 e. The number of carbonyl (C=O) groups excluding carboxylic acids is 1. The quantitative estimate of drug-likeness (QED) is 0.851. The number of likely N-dealkylation sites (tertiary alicyclic amines) is 1. The van der Waals surface area contributed by atoms with E-state index in [1.165, 1.54) is 31.2 Å². The van der Waals surface area contributed by atoms with Crippen molar-refractivity contribution in [1.29, 1.82) is 0 Å². The molecule has 1 saturated carbocycles. The third-order valence-corrected chi connectivity index (χ3v) is 6.03. The number of carbonyl (C=O) groups is 1. The number of morpholine rings is 1. The van der Waals surface area contributed by atoms with E-state index in [0.717, 1.165) is 39.4 Å². The standard InChI is InChI=1S/C20H28N2O2/c23-20(22-14-18(15-22)21-10-12-24-13-11-21)19(17-8-4-5-9-17)16-6-2-1-3-7-16/h1-3,6-7,17-19H,4-5,8-15H2/t19-/m1/s1. The molecule has 0 radical (unpaired) electrons. The molecule has 3 fully saturated rings. The minimum Gasteiger partial charge on any atom is -0.379 e. The molecule has 1 aliphatic carbocycles. The summed E-state index contributed by atoms with van der Waals surface area (Å²) in [4.78, 5) is 17.8. The van der Waals surface area contributed by atoms with E-state index >= 15 is 0 Å². The monoisotopic (exact) mass is 328 g/mol. The highest BCUT2D eigenvalue weighted by molar-refractivity contribution is 5.85. The number of benzene rings is 1. The molecule has 2 saturated heterocycles. The Morgan fingerprint density at radius 1 is 1.04 bits per heavy atom. The highest BCUT2D eigenvalue weighted by Gasteiger charge is 2.41. The Bertz CT molecular complexity index is 544. The third-order valence-electron chi connectivity index (χ3n) is 6.03. The van der Waals surface area contributed by atoms with Crippen molar-refractivity contribution < 1.29 is 9.53 Å². The van der Waals surface area contributed by atoms with E-state index in [-0.39, 0.29) is 5.92 Å². The fourth-order valence-corrected chi connectivity index (χ4v) is 4.57. The molecule has 0 N–H and O–H groups in total. The van der Waals surface area contributed by atoms with Gasteiger partial charge in [0.15, 0.2) is 0 Å². The largest absolute Gasteiger partial charge is 0.379 e. The number of ether oxygens (including phenoxy) is 1. The Morgan fingerprint density at radius 3 is 2.38 bits per heavy atom. The summed E-state index contributed by atoms with van der Waals surface area (Å²) in [5.41, 5.74) is 1.21. The van der Waals surface area contributed by atoms with Crippen LogP contribution in [0.3, 0.4) is 0 Å². The zero-order valence-corrected chi connectivity index (χ0v) is 14.4. The number of hydrogen-bond acceptors (Lipinski definition) is 3. The Kier molecular flexibility index (Phi) is 4.86. The maximum absolute atomic E-state index is 13.2. The minimum atomic E-state index is 0.0688. The van der Waals surface area contributed by atoms with Crippen LogP contribution in [0.1, 0.15) is 37.2 Å². The summed E-state index contributed by atoms with van der Waals surface area (Å²) in [5, 5.41) is 0. The van der Waals surface area contributed by atoms with Gasteiger partial charge in [0.2, 0.25) is 5.91 Å². The molecule has 4 nitrogen and oxygen atoms in total. The van der Waals surface area contributed by atoms with E-state index in [1.807, 2.05) is 6.07 Å². The van der Waals surface area contributed by atoms with Crippen molar-refractivity contribution in [3.8, 4) is 0 Å². The zero-order chi connectivity index (χ0) is 16.4. The summed E-state index contributed by atoms with van der Waals surface area (Å²) in [7, 11) is 0. The molecule has 0 bridgehead atoms. The summed E-state index contributed by atoms with van der Waals surface area (Å²) < 4.78 is 5.43. The molecule has 0 unspecified atom stereocenters. The van der Waals surface area contributed by atoms with E-state index < -0.39 is 0 Å². The number of hydrogen-bond donors (Lipinski definition) is 0. The average molecular weight is 328 g/mol. The summed E-state index contributed by atoms with van der Waals surface area (Å²) in [6, 6.07) is 11.0. The van der Waals surface area contributed by atoms with Gasteiger partial charge in [0.05, 0.1) is 19.1 Å². The molecule has 4 heteroatoms. The molecule has 0 spiro atoms. The lowest BCUT2D eigenvalue weighted by atomic mass is 9.83. The van der Waals surface area contributed by atoms with Gasteiger partial charge in [0, 0.05) is 32.2 Å². The first kappa shape index (κ1) is 16.1. The van der Waals surface area contributed by atoms with Crippen LogP contribution in [0.5, 0.6) is 0 Å². The Labute approximate surface area is 144 Å². The second kappa shape index (κ2) is 7.24. The molecule has 1 aromatic rings. The molecule has 3 aliphatic rings. The Balaban J connectivity index is 1.42. The van der Waals surface area contributed by atoms with Crippen LogP contribution in [0.15, 0.2) is 30.3 Å². The van der Waals surface area contributed by atoms with Gasteiger partial charge in [-0.05, 0) is 24.3 Å². The van der Waals surface area contributed by atoms with Gasteiger partial charge in [-0.3, -0.25) is 9.69 Å². The van der Waals surface area contributed by atoms with Crippen LogP contribution < -0.4 is 0 Å². The molecular weight excluding hydrogens is 300 g/mol. The van der Waals surface area contributed by atoms with Gasteiger partial charge in [-0.15, -0.1) is 0 Å². The Morgan fingerprint density at radius 2 is 1.71 bits per heavy atom. The highest BCUT2D eigenvalue weighted by Crippen LogP contribution is 2.39. The fourth-order valence-electron chi connectivity index (χ4n) is 4.57.